The van der Waals surface area contributed by atoms with Gasteiger partial charge in [0.1, 0.15) is 17.9 Å². The molecule has 2 fully saturated rings. The van der Waals surface area contributed by atoms with Crippen molar-refractivity contribution < 1.29 is 23.9 Å². The van der Waals surface area contributed by atoms with Gasteiger partial charge in [0.05, 0.1) is 5.02 Å². The van der Waals surface area contributed by atoms with Crippen LogP contribution in [0.2, 0.25) is 5.02 Å². The molecule has 0 unspecified atom stereocenters. The second-order valence-corrected chi connectivity index (χ2v) is 7.22. The summed E-state index contributed by atoms with van der Waals surface area (Å²) in [6, 6.07) is 2.42. The number of pyridine rings is 1. The number of ether oxygens (including phenoxy) is 1. The highest BCUT2D eigenvalue weighted by Crippen LogP contribution is 2.42. The zero-order valence-corrected chi connectivity index (χ0v) is 15.6. The topological polar surface area (TPSA) is 118 Å². The number of hydrogen-bond acceptors (Lipinski definition) is 6. The van der Waals surface area contributed by atoms with Crippen molar-refractivity contribution >= 4 is 41.2 Å². The molecule has 144 valence electrons. The van der Waals surface area contributed by atoms with Crippen LogP contribution in [0.5, 0.6) is 0 Å². The first kappa shape index (κ1) is 19.1. The van der Waals surface area contributed by atoms with Crippen molar-refractivity contribution in [1.82, 2.24) is 15.2 Å². The first-order valence-electron chi connectivity index (χ1n) is 8.46. The van der Waals surface area contributed by atoms with Gasteiger partial charge in [0.15, 0.2) is 6.10 Å². The lowest BCUT2D eigenvalue weighted by atomic mass is 9.96. The number of esters is 1. The molecular formula is C17H19ClN4O5. The Kier molecular flexibility index (Phi) is 5.05. The summed E-state index contributed by atoms with van der Waals surface area (Å²) in [6.45, 7) is 2.48. The fraction of sp³-hybridized carbons (Fsp3) is 0.471. The van der Waals surface area contributed by atoms with Crippen LogP contribution in [0.15, 0.2) is 18.3 Å². The van der Waals surface area contributed by atoms with Crippen LogP contribution in [0.25, 0.3) is 0 Å². The van der Waals surface area contributed by atoms with E-state index in [9.17, 15) is 19.2 Å². The second kappa shape index (κ2) is 7.15. The molecule has 2 N–H and O–H groups in total. The van der Waals surface area contributed by atoms with Gasteiger partial charge in [0.25, 0.3) is 11.8 Å². The molecule has 10 heteroatoms. The molecule has 2 heterocycles. The van der Waals surface area contributed by atoms with Crippen molar-refractivity contribution in [3.05, 3.63) is 23.4 Å². The van der Waals surface area contributed by atoms with E-state index in [1.165, 1.54) is 19.2 Å². The largest absolute Gasteiger partial charge is 0.451 e. The normalized spacial score (nSPS) is 23.0. The summed E-state index contributed by atoms with van der Waals surface area (Å²) < 4.78 is 5.03. The average molecular weight is 395 g/mol. The summed E-state index contributed by atoms with van der Waals surface area (Å²) in [4.78, 5) is 53.4. The highest BCUT2D eigenvalue weighted by Gasteiger charge is 2.56. The fourth-order valence-corrected chi connectivity index (χ4v) is 3.00. The van der Waals surface area contributed by atoms with E-state index in [0.717, 1.165) is 17.7 Å². The fourth-order valence-electron chi connectivity index (χ4n) is 2.89. The summed E-state index contributed by atoms with van der Waals surface area (Å²) in [6.07, 6.45) is 1.95. The van der Waals surface area contributed by atoms with E-state index in [0.29, 0.717) is 5.02 Å². The summed E-state index contributed by atoms with van der Waals surface area (Å²) in [5.74, 6) is -1.56. The summed E-state index contributed by atoms with van der Waals surface area (Å²) in [5.41, 5.74) is -0.972. The van der Waals surface area contributed by atoms with Crippen molar-refractivity contribution in [2.75, 3.05) is 11.9 Å². The zero-order chi connectivity index (χ0) is 19.8. The molecule has 2 atom stereocenters. The standard InChI is InChI=1S/C17H19ClN4O5/c1-9(14(24)20-12-6-5-11(18)7-19-12)27-13(23)8-22-15(25)17(2,10-3-4-10)21-16(22)26/h5-7,9-10H,3-4,8H2,1-2H3,(H,21,26)(H,19,20,24)/t9-,17+/m0/s1. The Labute approximate surface area is 160 Å². The Hall–Kier alpha value is -2.68. The van der Waals surface area contributed by atoms with Gasteiger partial charge in [-0.1, -0.05) is 11.6 Å². The third-order valence-electron chi connectivity index (χ3n) is 4.64. The molecule has 0 spiro atoms. The van der Waals surface area contributed by atoms with Gasteiger partial charge in [-0.15, -0.1) is 0 Å². The number of carbonyl (C=O) groups excluding carboxylic acids is 4. The molecule has 1 saturated carbocycles. The van der Waals surface area contributed by atoms with Crippen LogP contribution in [-0.4, -0.2) is 51.9 Å². The van der Waals surface area contributed by atoms with E-state index in [2.05, 4.69) is 15.6 Å². The molecule has 1 saturated heterocycles. The molecule has 0 bridgehead atoms. The van der Waals surface area contributed by atoms with Gasteiger partial charge >= 0.3 is 12.0 Å². The maximum absolute atomic E-state index is 12.5. The van der Waals surface area contributed by atoms with Crippen molar-refractivity contribution in [3.63, 3.8) is 0 Å². The second-order valence-electron chi connectivity index (χ2n) is 6.78. The molecule has 1 aromatic heterocycles. The third kappa shape index (κ3) is 4.02. The average Bonchev–Trinajstić information content (AvgIpc) is 3.43. The quantitative estimate of drug-likeness (QED) is 0.555. The lowest BCUT2D eigenvalue weighted by Crippen LogP contribution is -2.46. The maximum Gasteiger partial charge on any atom is 0.327 e. The lowest BCUT2D eigenvalue weighted by molar-refractivity contribution is -0.155. The van der Waals surface area contributed by atoms with Crippen molar-refractivity contribution in [1.29, 1.82) is 0 Å². The van der Waals surface area contributed by atoms with Crippen molar-refractivity contribution in [3.8, 4) is 0 Å². The molecular weight excluding hydrogens is 376 g/mol. The van der Waals surface area contributed by atoms with Gasteiger partial charge in [-0.05, 0) is 44.7 Å². The van der Waals surface area contributed by atoms with Crippen LogP contribution >= 0.6 is 11.6 Å². The molecule has 1 aliphatic carbocycles. The van der Waals surface area contributed by atoms with Crippen molar-refractivity contribution in [2.45, 2.75) is 38.3 Å². The number of aromatic nitrogens is 1. The lowest BCUT2D eigenvalue weighted by Gasteiger charge is -2.21. The van der Waals surface area contributed by atoms with Gasteiger partial charge in [-0.3, -0.25) is 19.3 Å². The molecule has 9 nitrogen and oxygen atoms in total. The highest BCUT2D eigenvalue weighted by atomic mass is 35.5. The number of amides is 4. The highest BCUT2D eigenvalue weighted by molar-refractivity contribution is 6.30. The summed E-state index contributed by atoms with van der Waals surface area (Å²) in [5, 5.41) is 5.53. The van der Waals surface area contributed by atoms with Crippen LogP contribution in [0.1, 0.15) is 26.7 Å². The maximum atomic E-state index is 12.5. The molecule has 1 aliphatic heterocycles. The van der Waals surface area contributed by atoms with Crippen molar-refractivity contribution in [2.24, 2.45) is 5.92 Å². The number of nitrogens with zero attached hydrogens (tertiary/aromatic N) is 2. The Morgan fingerprint density at radius 3 is 2.74 bits per heavy atom. The van der Waals surface area contributed by atoms with Gasteiger partial charge in [-0.2, -0.15) is 0 Å². The monoisotopic (exact) mass is 394 g/mol. The molecule has 0 aromatic carbocycles. The number of hydrogen-bond donors (Lipinski definition) is 2. The SMILES string of the molecule is C[C@H](OC(=O)CN1C(=O)N[C@](C)(C2CC2)C1=O)C(=O)Nc1ccc(Cl)cn1. The van der Waals surface area contributed by atoms with Gasteiger partial charge in [-0.25, -0.2) is 9.78 Å². The Bertz CT molecular complexity index is 795. The zero-order valence-electron chi connectivity index (χ0n) is 14.8. The Balaban J connectivity index is 1.54. The van der Waals surface area contributed by atoms with E-state index in [1.807, 2.05) is 0 Å². The molecule has 1 aromatic rings. The smallest absolute Gasteiger partial charge is 0.327 e. The molecule has 2 aliphatic rings. The minimum atomic E-state index is -1.13. The Morgan fingerprint density at radius 1 is 1.44 bits per heavy atom. The molecule has 3 rings (SSSR count). The predicted molar refractivity (Wildman–Crippen MR) is 94.8 cm³/mol. The minimum Gasteiger partial charge on any atom is -0.451 e. The summed E-state index contributed by atoms with van der Waals surface area (Å²) >= 11 is 5.72. The van der Waals surface area contributed by atoms with Gasteiger partial charge < -0.3 is 15.4 Å². The number of halogens is 1. The minimum absolute atomic E-state index is 0.0894. The predicted octanol–water partition coefficient (Wildman–Crippen LogP) is 1.33. The van der Waals surface area contributed by atoms with Crippen LogP contribution in [-0.2, 0) is 19.1 Å². The summed E-state index contributed by atoms with van der Waals surface area (Å²) in [7, 11) is 0. The molecule has 27 heavy (non-hydrogen) atoms. The molecule has 4 amide bonds. The Morgan fingerprint density at radius 2 is 2.15 bits per heavy atom. The first-order chi connectivity index (χ1) is 12.7. The number of carbonyl (C=O) groups is 4. The van der Waals surface area contributed by atoms with E-state index < -0.39 is 42.0 Å². The van der Waals surface area contributed by atoms with E-state index in [-0.39, 0.29) is 11.7 Å². The van der Waals surface area contributed by atoms with Crippen LogP contribution in [0.4, 0.5) is 10.6 Å². The van der Waals surface area contributed by atoms with E-state index >= 15 is 0 Å². The van der Waals surface area contributed by atoms with Crippen LogP contribution < -0.4 is 10.6 Å². The van der Waals surface area contributed by atoms with Gasteiger partial charge in [0.2, 0.25) is 0 Å². The van der Waals surface area contributed by atoms with E-state index in [1.54, 1.807) is 13.0 Å². The van der Waals surface area contributed by atoms with Gasteiger partial charge in [0, 0.05) is 6.20 Å². The number of urea groups is 1. The molecule has 0 radical (unpaired) electrons. The van der Waals surface area contributed by atoms with Crippen LogP contribution in [0.3, 0.4) is 0 Å². The number of imide groups is 1. The number of rotatable bonds is 6. The van der Waals surface area contributed by atoms with Crippen LogP contribution in [0, 0.1) is 5.92 Å². The number of nitrogens with one attached hydrogen (secondary N) is 2. The first-order valence-corrected chi connectivity index (χ1v) is 8.84. The van der Waals surface area contributed by atoms with E-state index in [4.69, 9.17) is 16.3 Å². The number of anilines is 1. The third-order valence-corrected chi connectivity index (χ3v) is 4.86.